The van der Waals surface area contributed by atoms with Gasteiger partial charge in [-0.15, -0.1) is 0 Å². The van der Waals surface area contributed by atoms with Crippen molar-refractivity contribution in [2.24, 2.45) is 0 Å². The third kappa shape index (κ3) is 8.81. The maximum Gasteiger partial charge on any atom is 0.0928 e. The van der Waals surface area contributed by atoms with Crippen molar-refractivity contribution < 1.29 is 9.92 Å². The van der Waals surface area contributed by atoms with Crippen LogP contribution in [0.25, 0.3) is 0 Å². The van der Waals surface area contributed by atoms with Crippen molar-refractivity contribution in [1.29, 1.82) is 5.53 Å². The molecule has 5 nitrogen and oxygen atoms in total. The van der Waals surface area contributed by atoms with Gasteiger partial charge in [0.15, 0.2) is 0 Å². The molecule has 0 aromatic rings. The Morgan fingerprint density at radius 3 is 2.00 bits per heavy atom. The second-order valence-electron chi connectivity index (χ2n) is 3.34. The van der Waals surface area contributed by atoms with Gasteiger partial charge < -0.3 is 15.3 Å². The van der Waals surface area contributed by atoms with Crippen LogP contribution in [-0.4, -0.2) is 18.1 Å². The van der Waals surface area contributed by atoms with E-state index in [9.17, 15) is 0 Å². The summed E-state index contributed by atoms with van der Waals surface area (Å²) in [6.07, 6.45) is 5.17. The van der Waals surface area contributed by atoms with Gasteiger partial charge in [0.1, 0.15) is 0 Å². The Morgan fingerprint density at radius 2 is 1.69 bits per heavy atom. The zero-order valence-corrected chi connectivity index (χ0v) is 8.17. The molecule has 1 saturated heterocycles. The Balaban J connectivity index is 0.000000310. The first kappa shape index (κ1) is 11.9. The van der Waals surface area contributed by atoms with E-state index in [0.717, 1.165) is 0 Å². The topological polar surface area (TPSA) is 77.4 Å². The largest absolute Gasteiger partial charge is 0.588 e. The van der Waals surface area contributed by atoms with Gasteiger partial charge in [-0.05, 0) is 25.0 Å². The SMILES string of the molecule is CC(C)=C[NH+]1CCCC1.N=[N+]([O-])[O-]. The summed E-state index contributed by atoms with van der Waals surface area (Å²) in [4.78, 5) is 1.66. The fraction of sp³-hybridized carbons (Fsp3) is 0.750. The first-order chi connectivity index (χ1) is 6.02. The van der Waals surface area contributed by atoms with Crippen molar-refractivity contribution in [3.63, 3.8) is 0 Å². The lowest BCUT2D eigenvalue weighted by atomic mass is 10.4. The number of rotatable bonds is 1. The molecule has 13 heavy (non-hydrogen) atoms. The summed E-state index contributed by atoms with van der Waals surface area (Å²) >= 11 is 0. The van der Waals surface area contributed by atoms with Crippen LogP contribution in [0.4, 0.5) is 0 Å². The van der Waals surface area contributed by atoms with E-state index < -0.39 is 5.02 Å². The molecule has 0 saturated carbocycles. The molecule has 1 aliphatic rings. The van der Waals surface area contributed by atoms with Gasteiger partial charge in [0.2, 0.25) is 0 Å². The average molecular weight is 187 g/mol. The molecule has 1 fully saturated rings. The van der Waals surface area contributed by atoms with Crippen LogP contribution in [0.5, 0.6) is 0 Å². The molecule has 76 valence electrons. The number of quaternary nitrogens is 1. The van der Waals surface area contributed by atoms with Gasteiger partial charge in [0, 0.05) is 12.8 Å². The van der Waals surface area contributed by atoms with Crippen LogP contribution >= 0.6 is 0 Å². The van der Waals surface area contributed by atoms with Crippen molar-refractivity contribution in [3.8, 4) is 0 Å². The van der Waals surface area contributed by atoms with Crippen LogP contribution in [0, 0.1) is 15.9 Å². The summed E-state index contributed by atoms with van der Waals surface area (Å²) in [5.74, 6) is 0. The van der Waals surface area contributed by atoms with Gasteiger partial charge >= 0.3 is 0 Å². The molecule has 1 rings (SSSR count). The van der Waals surface area contributed by atoms with E-state index in [-0.39, 0.29) is 0 Å². The number of hydrogen-bond donors (Lipinski definition) is 2. The minimum Gasteiger partial charge on any atom is -0.588 e. The Bertz CT molecular complexity index is 178. The third-order valence-electron chi connectivity index (χ3n) is 1.74. The van der Waals surface area contributed by atoms with Crippen molar-refractivity contribution in [2.75, 3.05) is 13.1 Å². The Hall–Kier alpha value is -1.10. The normalized spacial score (nSPS) is 15.8. The molecule has 0 atom stereocenters. The summed E-state index contributed by atoms with van der Waals surface area (Å²) in [6, 6.07) is 0. The summed E-state index contributed by atoms with van der Waals surface area (Å²) in [7, 11) is 0. The fourth-order valence-corrected chi connectivity index (χ4v) is 1.38. The molecule has 0 aromatic carbocycles. The second-order valence-corrected chi connectivity index (χ2v) is 3.34. The molecule has 0 radical (unpaired) electrons. The molecule has 0 aliphatic carbocycles. The molecular formula is C8H17N3O2. The lowest BCUT2D eigenvalue weighted by molar-refractivity contribution is -0.833. The molecule has 1 aliphatic heterocycles. The van der Waals surface area contributed by atoms with Gasteiger partial charge in [0.05, 0.1) is 19.3 Å². The van der Waals surface area contributed by atoms with Gasteiger partial charge in [-0.3, -0.25) is 0 Å². The maximum absolute atomic E-state index is 8.47. The lowest BCUT2D eigenvalue weighted by Crippen LogP contribution is -3.05. The number of nitrogens with zero attached hydrogens (tertiary/aromatic N) is 1. The minimum atomic E-state index is -1.25. The molecule has 0 spiro atoms. The summed E-state index contributed by atoms with van der Waals surface area (Å²) in [5, 5.41) is 15.7. The number of nitrogens with one attached hydrogen (secondary N) is 2. The van der Waals surface area contributed by atoms with Crippen LogP contribution < -0.4 is 4.90 Å². The fourth-order valence-electron chi connectivity index (χ4n) is 1.38. The van der Waals surface area contributed by atoms with Gasteiger partial charge in [-0.1, -0.05) is 5.02 Å². The Labute approximate surface area is 78.3 Å². The van der Waals surface area contributed by atoms with Crippen molar-refractivity contribution in [1.82, 2.24) is 0 Å². The quantitative estimate of drug-likeness (QED) is 0.466. The van der Waals surface area contributed by atoms with E-state index in [1.807, 2.05) is 0 Å². The summed E-state index contributed by atoms with van der Waals surface area (Å²) < 4.78 is 0. The van der Waals surface area contributed by atoms with E-state index in [0.29, 0.717) is 0 Å². The molecule has 1 heterocycles. The first-order valence-corrected chi connectivity index (χ1v) is 4.37. The smallest absolute Gasteiger partial charge is 0.0928 e. The number of allylic oxidation sites excluding steroid dienone is 1. The molecule has 0 amide bonds. The van der Waals surface area contributed by atoms with Crippen molar-refractivity contribution in [2.45, 2.75) is 26.7 Å². The summed E-state index contributed by atoms with van der Waals surface area (Å²) in [6.45, 7) is 7.05. The van der Waals surface area contributed by atoms with E-state index in [4.69, 9.17) is 15.9 Å². The van der Waals surface area contributed by atoms with E-state index in [1.165, 1.54) is 31.5 Å². The van der Waals surface area contributed by atoms with Crippen molar-refractivity contribution in [3.05, 3.63) is 22.2 Å². The highest BCUT2D eigenvalue weighted by molar-refractivity contribution is 4.85. The monoisotopic (exact) mass is 187 g/mol. The van der Waals surface area contributed by atoms with Gasteiger partial charge in [-0.2, -0.15) is 0 Å². The van der Waals surface area contributed by atoms with Crippen LogP contribution in [-0.2, 0) is 0 Å². The highest BCUT2D eigenvalue weighted by Gasteiger charge is 2.11. The maximum atomic E-state index is 8.47. The molecule has 0 bridgehead atoms. The van der Waals surface area contributed by atoms with Crippen molar-refractivity contribution >= 4 is 0 Å². The average Bonchev–Trinajstić information content (AvgIpc) is 2.36. The van der Waals surface area contributed by atoms with Gasteiger partial charge in [0.25, 0.3) is 0 Å². The third-order valence-corrected chi connectivity index (χ3v) is 1.74. The van der Waals surface area contributed by atoms with Crippen LogP contribution in [0.2, 0.25) is 0 Å². The van der Waals surface area contributed by atoms with E-state index in [1.54, 1.807) is 4.90 Å². The minimum absolute atomic E-state index is 1.25. The zero-order chi connectivity index (χ0) is 10.3. The highest BCUT2D eigenvalue weighted by Crippen LogP contribution is 1.89. The van der Waals surface area contributed by atoms with Crippen LogP contribution in [0.1, 0.15) is 26.7 Å². The number of likely N-dealkylation sites (tertiary alicyclic amines) is 1. The molecule has 0 unspecified atom stereocenters. The molecule has 2 N–H and O–H groups in total. The summed E-state index contributed by atoms with van der Waals surface area (Å²) in [5.41, 5.74) is 6.76. The predicted octanol–water partition coefficient (Wildman–Crippen LogP) is 0.614. The van der Waals surface area contributed by atoms with E-state index >= 15 is 0 Å². The highest BCUT2D eigenvalue weighted by atomic mass is 16.8. The second kappa shape index (κ2) is 6.42. The van der Waals surface area contributed by atoms with Crippen LogP contribution in [0.3, 0.4) is 0 Å². The Morgan fingerprint density at radius 1 is 1.31 bits per heavy atom. The predicted molar refractivity (Wildman–Crippen MR) is 49.1 cm³/mol. The number of hydrogen-bond acceptors (Lipinski definition) is 3. The molecular weight excluding hydrogens is 170 g/mol. The van der Waals surface area contributed by atoms with E-state index in [2.05, 4.69) is 20.0 Å². The van der Waals surface area contributed by atoms with Gasteiger partial charge in [-0.25, -0.2) is 0 Å². The van der Waals surface area contributed by atoms with Crippen LogP contribution in [0.15, 0.2) is 11.8 Å². The molecule has 5 heteroatoms. The lowest BCUT2D eigenvalue weighted by Gasteiger charge is -2.04. The first-order valence-electron chi connectivity index (χ1n) is 4.37. The molecule has 0 aromatic heterocycles. The Kier molecular flexibility index (Phi) is 5.88. The standard InChI is InChI=1S/C8H15N.HN2O2/c1-8(2)7-9-5-3-4-6-9;1-2(3)4/h7H,3-6H2,1-2H3;(H-,1,3,4)/q;-1/p+1. The zero-order valence-electron chi connectivity index (χ0n) is 8.17.